The van der Waals surface area contributed by atoms with Crippen molar-refractivity contribution in [1.82, 2.24) is 15.5 Å². The van der Waals surface area contributed by atoms with Crippen molar-refractivity contribution in [3.63, 3.8) is 0 Å². The van der Waals surface area contributed by atoms with Gasteiger partial charge in [0.1, 0.15) is 6.04 Å². The fourth-order valence-corrected chi connectivity index (χ4v) is 4.39. The Hall–Kier alpha value is -2.12. The fraction of sp³-hybridized carbons (Fsp3) is 0.625. The van der Waals surface area contributed by atoms with Crippen molar-refractivity contribution in [2.75, 3.05) is 20.1 Å². The van der Waals surface area contributed by atoms with Crippen LogP contribution in [0.15, 0.2) is 24.3 Å². The molecule has 178 valence electrons. The molecular formula is C24H36ClN3O4. The Bertz CT molecular complexity index is 825. The van der Waals surface area contributed by atoms with Crippen LogP contribution in [-0.4, -0.2) is 53.9 Å². The van der Waals surface area contributed by atoms with E-state index in [2.05, 4.69) is 10.6 Å². The second kappa shape index (κ2) is 10.7. The Morgan fingerprint density at radius 3 is 2.25 bits per heavy atom. The van der Waals surface area contributed by atoms with E-state index in [-0.39, 0.29) is 36.5 Å². The normalized spacial score (nSPS) is 21.2. The molecule has 0 aromatic heterocycles. The van der Waals surface area contributed by atoms with Crippen LogP contribution in [0.4, 0.5) is 0 Å². The van der Waals surface area contributed by atoms with Crippen molar-refractivity contribution < 1.29 is 19.5 Å². The summed E-state index contributed by atoms with van der Waals surface area (Å²) in [6.45, 7) is 8.43. The van der Waals surface area contributed by atoms with Gasteiger partial charge < -0.3 is 20.6 Å². The lowest BCUT2D eigenvalue weighted by Crippen LogP contribution is -2.60. The molecule has 1 fully saturated rings. The molecular weight excluding hydrogens is 430 g/mol. The van der Waals surface area contributed by atoms with Crippen LogP contribution in [0.1, 0.15) is 58.9 Å². The van der Waals surface area contributed by atoms with Gasteiger partial charge in [-0.25, -0.2) is 0 Å². The van der Waals surface area contributed by atoms with Gasteiger partial charge in [0.25, 0.3) is 0 Å². The van der Waals surface area contributed by atoms with Crippen LogP contribution in [0.5, 0.6) is 0 Å². The lowest BCUT2D eigenvalue weighted by Gasteiger charge is -2.51. The molecule has 1 aromatic rings. The summed E-state index contributed by atoms with van der Waals surface area (Å²) < 4.78 is 0. The molecule has 1 aromatic carbocycles. The molecule has 1 heterocycles. The number of halogens is 1. The van der Waals surface area contributed by atoms with Crippen LogP contribution in [0.3, 0.4) is 0 Å². The number of piperidine rings is 1. The highest BCUT2D eigenvalue weighted by Crippen LogP contribution is 2.46. The molecule has 7 nitrogen and oxygen atoms in total. The van der Waals surface area contributed by atoms with Crippen molar-refractivity contribution in [3.8, 4) is 0 Å². The first-order valence-corrected chi connectivity index (χ1v) is 11.6. The minimum Gasteiger partial charge on any atom is -0.384 e. The summed E-state index contributed by atoms with van der Waals surface area (Å²) in [5.41, 5.74) is -0.915. The fourth-order valence-electron chi connectivity index (χ4n) is 4.26. The smallest absolute Gasteiger partial charge is 0.245 e. The van der Waals surface area contributed by atoms with Crippen LogP contribution in [0.25, 0.3) is 0 Å². The van der Waals surface area contributed by atoms with E-state index >= 15 is 0 Å². The lowest BCUT2D eigenvalue weighted by atomic mass is 9.66. The number of hydrogen-bond acceptors (Lipinski definition) is 4. The van der Waals surface area contributed by atoms with Crippen molar-refractivity contribution in [2.45, 2.75) is 65.0 Å². The summed E-state index contributed by atoms with van der Waals surface area (Å²) in [6, 6.07) is 6.53. The largest absolute Gasteiger partial charge is 0.384 e. The van der Waals surface area contributed by atoms with Gasteiger partial charge in [-0.05, 0) is 36.5 Å². The minimum atomic E-state index is -1.09. The van der Waals surface area contributed by atoms with Crippen LogP contribution >= 0.6 is 11.6 Å². The number of nitrogens with zero attached hydrogens (tertiary/aromatic N) is 1. The molecule has 1 aliphatic rings. The van der Waals surface area contributed by atoms with Gasteiger partial charge in [-0.3, -0.25) is 14.4 Å². The summed E-state index contributed by atoms with van der Waals surface area (Å²) in [5.74, 6) is -0.593. The summed E-state index contributed by atoms with van der Waals surface area (Å²) in [5, 5.41) is 17.5. The standard InChI is InChI=1S/C24H36ClN3O4/c1-16(2)21(27-20(30)8-6-7-19(29)26-5)22(31)28-14-13-24(32,23(3,4)15-28)17-9-11-18(25)12-10-17/h9-12,16,21,32H,6-8,13-15H2,1-5H3,(H,26,29)(H,27,30)/t21-,24+/m1/s1. The molecule has 0 radical (unpaired) electrons. The molecule has 1 aliphatic heterocycles. The highest BCUT2D eigenvalue weighted by Gasteiger charge is 2.50. The molecule has 32 heavy (non-hydrogen) atoms. The predicted molar refractivity (Wildman–Crippen MR) is 125 cm³/mol. The van der Waals surface area contributed by atoms with Gasteiger partial charge in [-0.15, -0.1) is 0 Å². The van der Waals surface area contributed by atoms with E-state index in [4.69, 9.17) is 11.6 Å². The van der Waals surface area contributed by atoms with E-state index in [9.17, 15) is 19.5 Å². The third kappa shape index (κ3) is 6.01. The Morgan fingerprint density at radius 1 is 1.12 bits per heavy atom. The predicted octanol–water partition coefficient (Wildman–Crippen LogP) is 2.84. The topological polar surface area (TPSA) is 98.7 Å². The molecule has 8 heteroatoms. The highest BCUT2D eigenvalue weighted by atomic mass is 35.5. The number of rotatable bonds is 8. The average molecular weight is 466 g/mol. The average Bonchev–Trinajstić information content (AvgIpc) is 2.73. The van der Waals surface area contributed by atoms with Crippen molar-refractivity contribution in [3.05, 3.63) is 34.9 Å². The third-order valence-corrected chi connectivity index (χ3v) is 6.67. The van der Waals surface area contributed by atoms with Crippen molar-refractivity contribution >= 4 is 29.3 Å². The highest BCUT2D eigenvalue weighted by molar-refractivity contribution is 6.30. The van der Waals surface area contributed by atoms with Crippen LogP contribution < -0.4 is 10.6 Å². The van der Waals surface area contributed by atoms with Gasteiger partial charge in [-0.2, -0.15) is 0 Å². The van der Waals surface area contributed by atoms with Gasteiger partial charge in [-0.1, -0.05) is 51.4 Å². The van der Waals surface area contributed by atoms with Gasteiger partial charge >= 0.3 is 0 Å². The first kappa shape index (κ1) is 26.1. The minimum absolute atomic E-state index is 0.0921. The number of nitrogens with one attached hydrogen (secondary N) is 2. The van der Waals surface area contributed by atoms with E-state index in [1.807, 2.05) is 39.8 Å². The first-order valence-electron chi connectivity index (χ1n) is 11.2. The Balaban J connectivity index is 2.07. The number of aliphatic hydroxyl groups is 1. The van der Waals surface area contributed by atoms with Gasteiger partial charge in [0, 0.05) is 43.4 Å². The molecule has 1 saturated heterocycles. The molecule has 3 N–H and O–H groups in total. The number of benzene rings is 1. The molecule has 0 bridgehead atoms. The Labute approximate surface area is 195 Å². The summed E-state index contributed by atoms with van der Waals surface area (Å²) in [4.78, 5) is 38.8. The second-order valence-corrected chi connectivity index (χ2v) is 10.0. The van der Waals surface area contributed by atoms with E-state index in [0.717, 1.165) is 5.56 Å². The quantitative estimate of drug-likeness (QED) is 0.549. The maximum atomic E-state index is 13.3. The van der Waals surface area contributed by atoms with Gasteiger partial charge in [0.2, 0.25) is 17.7 Å². The second-order valence-electron chi connectivity index (χ2n) is 9.58. The summed E-state index contributed by atoms with van der Waals surface area (Å²) in [6.07, 6.45) is 1.27. The monoisotopic (exact) mass is 465 g/mol. The zero-order valence-electron chi connectivity index (χ0n) is 19.7. The molecule has 0 unspecified atom stereocenters. The molecule has 2 rings (SSSR count). The number of hydrogen-bond donors (Lipinski definition) is 3. The molecule has 3 amide bonds. The number of carbonyl (C=O) groups is 3. The number of likely N-dealkylation sites (tertiary alicyclic amines) is 1. The summed E-state index contributed by atoms with van der Waals surface area (Å²) in [7, 11) is 1.56. The van der Waals surface area contributed by atoms with E-state index in [1.54, 1.807) is 24.1 Å². The summed E-state index contributed by atoms with van der Waals surface area (Å²) >= 11 is 6.00. The van der Waals surface area contributed by atoms with E-state index in [1.165, 1.54) is 0 Å². The maximum Gasteiger partial charge on any atom is 0.245 e. The zero-order chi connectivity index (χ0) is 24.1. The first-order chi connectivity index (χ1) is 14.9. The molecule has 0 saturated carbocycles. The zero-order valence-corrected chi connectivity index (χ0v) is 20.5. The molecule has 2 atom stereocenters. The SMILES string of the molecule is CNC(=O)CCCC(=O)N[C@@H](C(=O)N1CC[C@](O)(c2ccc(Cl)cc2)C(C)(C)C1)C(C)C. The van der Waals surface area contributed by atoms with E-state index in [0.29, 0.717) is 31.0 Å². The van der Waals surface area contributed by atoms with Crippen LogP contribution in [-0.2, 0) is 20.0 Å². The maximum absolute atomic E-state index is 13.3. The van der Waals surface area contributed by atoms with Crippen LogP contribution in [0.2, 0.25) is 5.02 Å². The molecule has 0 aliphatic carbocycles. The van der Waals surface area contributed by atoms with E-state index < -0.39 is 17.1 Å². The van der Waals surface area contributed by atoms with Gasteiger partial charge in [0.05, 0.1) is 5.60 Å². The Kier molecular flexibility index (Phi) is 8.71. The Morgan fingerprint density at radius 2 is 1.72 bits per heavy atom. The van der Waals surface area contributed by atoms with Crippen molar-refractivity contribution in [1.29, 1.82) is 0 Å². The van der Waals surface area contributed by atoms with Gasteiger partial charge in [0.15, 0.2) is 0 Å². The lowest BCUT2D eigenvalue weighted by molar-refractivity contribution is -0.156. The van der Waals surface area contributed by atoms with Crippen LogP contribution in [0, 0.1) is 11.3 Å². The van der Waals surface area contributed by atoms with Crippen molar-refractivity contribution in [2.24, 2.45) is 11.3 Å². The number of carbonyl (C=O) groups excluding carboxylic acids is 3. The molecule has 0 spiro atoms. The third-order valence-electron chi connectivity index (χ3n) is 6.42. The number of amides is 3.